The zero-order valence-corrected chi connectivity index (χ0v) is 17.5. The van der Waals surface area contributed by atoms with E-state index in [0.717, 1.165) is 0 Å². The van der Waals surface area contributed by atoms with Gasteiger partial charge in [-0.2, -0.15) is 36.5 Å². The maximum absolute atomic E-state index is 13.3. The van der Waals surface area contributed by atoms with Crippen LogP contribution in [0.1, 0.15) is 0 Å². The van der Waals surface area contributed by atoms with Crippen LogP contribution in [0.25, 0.3) is 5.69 Å². The molecule has 0 saturated carbocycles. The quantitative estimate of drug-likeness (QED) is 0.209. The average Bonchev–Trinajstić information content (AvgIpc) is 2.98. The van der Waals surface area contributed by atoms with Gasteiger partial charge in [0, 0.05) is 4.47 Å². The monoisotopic (exact) mass is 602 g/mol. The maximum Gasteiger partial charge on any atom is 2.00 e. The van der Waals surface area contributed by atoms with Gasteiger partial charge in [0.2, 0.25) is 0 Å². The molecule has 0 aliphatic rings. The van der Waals surface area contributed by atoms with Gasteiger partial charge in [-0.05, 0) is 18.2 Å². The van der Waals surface area contributed by atoms with E-state index in [0.29, 0.717) is 10.2 Å². The number of hydrogen-bond acceptors (Lipinski definition) is 8. The van der Waals surface area contributed by atoms with Crippen molar-refractivity contribution in [1.82, 2.24) is 15.0 Å². The number of rotatable bonds is 1. The van der Waals surface area contributed by atoms with E-state index >= 15 is 0 Å². The van der Waals surface area contributed by atoms with Crippen LogP contribution in [0.2, 0.25) is 0 Å². The summed E-state index contributed by atoms with van der Waals surface area (Å²) >= 11 is 3.17. The van der Waals surface area contributed by atoms with Crippen molar-refractivity contribution in [2.75, 3.05) is 0 Å². The molecule has 1 aromatic carbocycles. The molecule has 1 aromatic heterocycles. The summed E-state index contributed by atoms with van der Waals surface area (Å²) in [5.41, 5.74) is -11.0. The number of hydrogen-bond donors (Lipinski definition) is 0. The molecular formula is C10H5BrCuF7N3O6S2. The summed E-state index contributed by atoms with van der Waals surface area (Å²) in [6.45, 7) is 0. The van der Waals surface area contributed by atoms with Crippen LogP contribution in [0, 0.1) is 5.82 Å². The fourth-order valence-electron chi connectivity index (χ4n) is 0.984. The first-order chi connectivity index (χ1) is 12.8. The van der Waals surface area contributed by atoms with Gasteiger partial charge in [0.25, 0.3) is 0 Å². The molecule has 20 heteroatoms. The largest absolute Gasteiger partial charge is 2.00 e. The first-order valence-electron chi connectivity index (χ1n) is 6.13. The second kappa shape index (κ2) is 11.3. The van der Waals surface area contributed by atoms with E-state index < -0.39 is 31.3 Å². The molecule has 0 bridgehead atoms. The first-order valence-corrected chi connectivity index (χ1v) is 9.74. The molecule has 0 spiro atoms. The van der Waals surface area contributed by atoms with Crippen molar-refractivity contribution in [1.29, 1.82) is 0 Å². The molecule has 2 rings (SSSR count). The number of alkyl halides is 6. The summed E-state index contributed by atoms with van der Waals surface area (Å²) in [6, 6.07) is 4.72. The minimum atomic E-state index is -6.09. The van der Waals surface area contributed by atoms with E-state index in [1.54, 1.807) is 12.1 Å². The topological polar surface area (TPSA) is 145 Å². The Morgan fingerprint density at radius 3 is 1.47 bits per heavy atom. The molecule has 0 atom stereocenters. The summed E-state index contributed by atoms with van der Waals surface area (Å²) < 4.78 is 132. The Hall–Kier alpha value is -1.31. The molecule has 9 nitrogen and oxygen atoms in total. The second-order valence-corrected chi connectivity index (χ2v) is 7.87. The van der Waals surface area contributed by atoms with Crippen molar-refractivity contribution in [2.24, 2.45) is 0 Å². The standard InChI is InChI=1S/C8H5BrFN3.2CHF3O3S.Cu/c9-6-1-2-8(7(10)5-6)13-11-3-4-12-13;2*2-1(3,4)8(5,6)7;/h1-5H;2*(H,5,6,7);/q;;;+2/p-2. The van der Waals surface area contributed by atoms with Crippen LogP contribution in [0.15, 0.2) is 35.1 Å². The van der Waals surface area contributed by atoms with Crippen LogP contribution < -0.4 is 0 Å². The number of halogens is 8. The summed E-state index contributed by atoms with van der Waals surface area (Å²) in [7, 11) is -12.2. The Kier molecular flexibility index (Phi) is 11.7. The molecule has 0 fully saturated rings. The summed E-state index contributed by atoms with van der Waals surface area (Å²) in [6.07, 6.45) is 3.00. The van der Waals surface area contributed by atoms with Crippen LogP contribution in [0.4, 0.5) is 30.7 Å². The Balaban J connectivity index is 0. The van der Waals surface area contributed by atoms with Gasteiger partial charge < -0.3 is 9.11 Å². The van der Waals surface area contributed by atoms with Crippen molar-refractivity contribution >= 4 is 36.2 Å². The van der Waals surface area contributed by atoms with Gasteiger partial charge in [-0.25, -0.2) is 21.2 Å². The molecule has 2 aromatic rings. The fraction of sp³-hybridized carbons (Fsp3) is 0.200. The van der Waals surface area contributed by atoms with Crippen LogP contribution >= 0.6 is 15.9 Å². The van der Waals surface area contributed by atoms with Gasteiger partial charge in [0.15, 0.2) is 26.1 Å². The maximum atomic E-state index is 13.3. The minimum Gasteiger partial charge on any atom is -0.741 e. The van der Waals surface area contributed by atoms with Crippen LogP contribution in [0.3, 0.4) is 0 Å². The third-order valence-electron chi connectivity index (χ3n) is 2.11. The normalized spacial score (nSPS) is 11.9. The third-order valence-corrected chi connectivity index (χ3v) is 3.74. The van der Waals surface area contributed by atoms with Crippen molar-refractivity contribution in [3.8, 4) is 5.69 Å². The van der Waals surface area contributed by atoms with Crippen LogP contribution in [0.5, 0.6) is 0 Å². The van der Waals surface area contributed by atoms with Gasteiger partial charge in [-0.1, -0.05) is 15.9 Å². The van der Waals surface area contributed by atoms with E-state index in [4.69, 9.17) is 25.9 Å². The van der Waals surface area contributed by atoms with E-state index in [1.165, 1.54) is 23.3 Å². The summed E-state index contributed by atoms with van der Waals surface area (Å²) in [5.74, 6) is -0.356. The van der Waals surface area contributed by atoms with Gasteiger partial charge in [-0.15, -0.1) is 4.80 Å². The molecule has 175 valence electrons. The Labute approximate surface area is 182 Å². The molecule has 1 heterocycles. The van der Waals surface area contributed by atoms with Gasteiger partial charge >= 0.3 is 28.1 Å². The zero-order chi connectivity index (χ0) is 23.3. The predicted octanol–water partition coefficient (Wildman–Crippen LogP) is 2.27. The first kappa shape index (κ1) is 30.9. The van der Waals surface area contributed by atoms with Gasteiger partial charge in [0.05, 0.1) is 12.4 Å². The Morgan fingerprint density at radius 2 is 1.20 bits per heavy atom. The molecular weight excluding hydrogens is 599 g/mol. The van der Waals surface area contributed by atoms with Gasteiger partial charge in [0.1, 0.15) is 5.69 Å². The molecule has 0 N–H and O–H groups in total. The second-order valence-electron chi connectivity index (χ2n) is 4.21. The number of nitrogens with zero attached hydrogens (tertiary/aromatic N) is 3. The van der Waals surface area contributed by atoms with E-state index in [1.807, 2.05) is 0 Å². The van der Waals surface area contributed by atoms with Crippen LogP contribution in [-0.4, -0.2) is 52.0 Å². The molecule has 0 aliphatic heterocycles. The molecule has 0 saturated heterocycles. The summed E-state index contributed by atoms with van der Waals surface area (Å²) in [4.78, 5) is 1.24. The fourth-order valence-corrected chi connectivity index (χ4v) is 1.32. The SMILES string of the molecule is Fc1cc(Br)ccc1-n1nccn1.O=S(=O)([O-])C(F)(F)F.O=S(=O)([O-])C(F)(F)F.[Cu+2]. The molecule has 0 aliphatic carbocycles. The zero-order valence-electron chi connectivity index (χ0n) is 13.3. The van der Waals surface area contributed by atoms with Crippen molar-refractivity contribution < 1.29 is 73.7 Å². The molecule has 0 amide bonds. The van der Waals surface area contributed by atoms with Crippen molar-refractivity contribution in [3.63, 3.8) is 0 Å². The van der Waals surface area contributed by atoms with Gasteiger partial charge in [-0.3, -0.25) is 0 Å². The van der Waals surface area contributed by atoms with E-state index in [-0.39, 0.29) is 22.9 Å². The summed E-state index contributed by atoms with van der Waals surface area (Å²) in [5, 5.41) is 7.65. The minimum absolute atomic E-state index is 0. The third kappa shape index (κ3) is 10.6. The van der Waals surface area contributed by atoms with E-state index in [9.17, 15) is 30.7 Å². The number of benzene rings is 1. The number of aromatic nitrogens is 3. The molecule has 1 radical (unpaired) electrons. The van der Waals surface area contributed by atoms with E-state index in [2.05, 4.69) is 26.1 Å². The Bertz CT molecular complexity index is 972. The smallest absolute Gasteiger partial charge is 0.741 e. The van der Waals surface area contributed by atoms with Crippen LogP contribution in [-0.2, 0) is 37.3 Å². The van der Waals surface area contributed by atoms with Crippen molar-refractivity contribution in [2.45, 2.75) is 11.0 Å². The average molecular weight is 604 g/mol. The molecule has 0 unspecified atom stereocenters. The van der Waals surface area contributed by atoms with Crippen molar-refractivity contribution in [3.05, 3.63) is 40.9 Å². The Morgan fingerprint density at radius 1 is 0.867 bits per heavy atom. The predicted molar refractivity (Wildman–Crippen MR) is 80.5 cm³/mol. The molecule has 30 heavy (non-hydrogen) atoms.